The van der Waals surface area contributed by atoms with Gasteiger partial charge in [-0.15, -0.1) is 0 Å². The van der Waals surface area contributed by atoms with E-state index in [1.165, 1.54) is 6.42 Å². The predicted molar refractivity (Wildman–Crippen MR) is 134 cm³/mol. The molecule has 6 nitrogen and oxygen atoms in total. The van der Waals surface area contributed by atoms with E-state index in [-0.39, 0.29) is 23.8 Å². The summed E-state index contributed by atoms with van der Waals surface area (Å²) in [5.41, 5.74) is 1.82. The topological polar surface area (TPSA) is 67.2 Å². The first-order valence-corrected chi connectivity index (χ1v) is 12.5. The standard InChI is InChI=1S/C28H34N4O2/c1-19-11-7-8-14-22(19)30-27(34)28(3)18-31-24-16-10-9-15-23(24)29-25(31)26(33)32(28)17-20(2)21-12-5-4-6-13-21/h4-6,9-10,12-13,15-16,19-20,22H,7-8,11,14,17-18H2,1-3H3,(H,30,34). The Bertz CT molecular complexity index is 1200. The molecule has 4 atom stereocenters. The first kappa shape index (κ1) is 22.6. The molecule has 2 aromatic carbocycles. The van der Waals surface area contributed by atoms with Crippen LogP contribution >= 0.6 is 0 Å². The number of rotatable bonds is 5. The Balaban J connectivity index is 1.52. The van der Waals surface area contributed by atoms with Crippen LogP contribution in [0.2, 0.25) is 0 Å². The van der Waals surface area contributed by atoms with E-state index in [1.807, 2.05) is 54.0 Å². The zero-order valence-electron chi connectivity index (χ0n) is 20.3. The minimum absolute atomic E-state index is 0.0664. The molecule has 2 amide bonds. The van der Waals surface area contributed by atoms with Gasteiger partial charge in [0.05, 0.1) is 17.6 Å². The third kappa shape index (κ3) is 3.89. The summed E-state index contributed by atoms with van der Waals surface area (Å²) in [5.74, 6) is 0.698. The van der Waals surface area contributed by atoms with Crippen LogP contribution in [-0.2, 0) is 11.3 Å². The molecule has 1 aliphatic heterocycles. The Kier molecular flexibility index (Phi) is 5.92. The molecule has 2 aliphatic rings. The van der Waals surface area contributed by atoms with E-state index < -0.39 is 5.54 Å². The lowest BCUT2D eigenvalue weighted by Crippen LogP contribution is -2.66. The Hall–Kier alpha value is -3.15. The fourth-order valence-corrected chi connectivity index (χ4v) is 5.63. The quantitative estimate of drug-likeness (QED) is 0.600. The third-order valence-electron chi connectivity index (χ3n) is 7.89. The molecule has 1 aliphatic carbocycles. The van der Waals surface area contributed by atoms with Gasteiger partial charge < -0.3 is 14.8 Å². The number of amides is 2. The van der Waals surface area contributed by atoms with E-state index >= 15 is 0 Å². The Morgan fingerprint density at radius 2 is 1.82 bits per heavy atom. The smallest absolute Gasteiger partial charge is 0.290 e. The maximum atomic E-state index is 13.9. The van der Waals surface area contributed by atoms with Gasteiger partial charge in [-0.05, 0) is 49.3 Å². The molecule has 1 fully saturated rings. The fraction of sp³-hybridized carbons (Fsp3) is 0.464. The summed E-state index contributed by atoms with van der Waals surface area (Å²) in [6.07, 6.45) is 4.48. The van der Waals surface area contributed by atoms with Crippen LogP contribution in [0, 0.1) is 5.92 Å². The number of carbonyl (C=O) groups excluding carboxylic acids is 2. The second-order valence-electron chi connectivity index (χ2n) is 10.4. The van der Waals surface area contributed by atoms with Crippen molar-refractivity contribution in [1.29, 1.82) is 0 Å². The van der Waals surface area contributed by atoms with Gasteiger partial charge in [-0.2, -0.15) is 0 Å². The highest BCUT2D eigenvalue weighted by atomic mass is 16.2. The van der Waals surface area contributed by atoms with Crippen LogP contribution in [0.15, 0.2) is 54.6 Å². The number of aromatic nitrogens is 2. The molecule has 2 heterocycles. The molecule has 34 heavy (non-hydrogen) atoms. The van der Waals surface area contributed by atoms with Gasteiger partial charge in [0.2, 0.25) is 5.91 Å². The Morgan fingerprint density at radius 3 is 2.59 bits per heavy atom. The van der Waals surface area contributed by atoms with Gasteiger partial charge in [0.1, 0.15) is 5.54 Å². The summed E-state index contributed by atoms with van der Waals surface area (Å²) in [6.45, 7) is 7.10. The van der Waals surface area contributed by atoms with Crippen molar-refractivity contribution in [2.24, 2.45) is 5.92 Å². The molecule has 0 spiro atoms. The van der Waals surface area contributed by atoms with E-state index in [9.17, 15) is 9.59 Å². The van der Waals surface area contributed by atoms with Gasteiger partial charge in [-0.25, -0.2) is 4.98 Å². The van der Waals surface area contributed by atoms with Gasteiger partial charge in [0.15, 0.2) is 5.82 Å². The molecule has 0 saturated heterocycles. The van der Waals surface area contributed by atoms with Gasteiger partial charge in [0.25, 0.3) is 5.91 Å². The van der Waals surface area contributed by atoms with Crippen LogP contribution in [0.25, 0.3) is 11.0 Å². The van der Waals surface area contributed by atoms with Crippen molar-refractivity contribution in [1.82, 2.24) is 19.8 Å². The number of nitrogens with zero attached hydrogens (tertiary/aromatic N) is 3. The molecular weight excluding hydrogens is 424 g/mol. The minimum atomic E-state index is -1.01. The second-order valence-corrected chi connectivity index (χ2v) is 10.4. The molecule has 4 unspecified atom stereocenters. The molecule has 178 valence electrons. The molecular formula is C28H34N4O2. The lowest BCUT2D eigenvalue weighted by Gasteiger charge is -2.45. The van der Waals surface area contributed by atoms with Crippen molar-refractivity contribution < 1.29 is 9.59 Å². The number of carbonyl (C=O) groups is 2. The highest BCUT2D eigenvalue weighted by molar-refractivity contribution is 6.01. The monoisotopic (exact) mass is 458 g/mol. The van der Waals surface area contributed by atoms with E-state index in [0.29, 0.717) is 24.8 Å². The van der Waals surface area contributed by atoms with Gasteiger partial charge >= 0.3 is 0 Å². The van der Waals surface area contributed by atoms with Gasteiger partial charge in [-0.3, -0.25) is 9.59 Å². The molecule has 1 saturated carbocycles. The van der Waals surface area contributed by atoms with E-state index in [2.05, 4.69) is 36.3 Å². The number of hydrogen-bond donors (Lipinski definition) is 1. The molecule has 0 bridgehead atoms. The van der Waals surface area contributed by atoms with Crippen LogP contribution in [0.1, 0.15) is 68.6 Å². The summed E-state index contributed by atoms with van der Waals surface area (Å²) in [6, 6.07) is 18.1. The highest BCUT2D eigenvalue weighted by Crippen LogP contribution is 2.33. The van der Waals surface area contributed by atoms with Crippen molar-refractivity contribution in [2.45, 2.75) is 70.5 Å². The lowest BCUT2D eigenvalue weighted by atomic mass is 9.84. The second kappa shape index (κ2) is 8.90. The molecule has 1 aromatic heterocycles. The largest absolute Gasteiger partial charge is 0.351 e. The third-order valence-corrected chi connectivity index (χ3v) is 7.89. The van der Waals surface area contributed by atoms with Crippen molar-refractivity contribution in [3.8, 4) is 0 Å². The van der Waals surface area contributed by atoms with E-state index in [4.69, 9.17) is 0 Å². The number of fused-ring (bicyclic) bond motifs is 3. The summed E-state index contributed by atoms with van der Waals surface area (Å²) in [7, 11) is 0. The van der Waals surface area contributed by atoms with Crippen molar-refractivity contribution in [2.75, 3.05) is 6.54 Å². The van der Waals surface area contributed by atoms with Crippen molar-refractivity contribution in [3.05, 3.63) is 66.0 Å². The maximum absolute atomic E-state index is 13.9. The zero-order valence-corrected chi connectivity index (χ0v) is 20.3. The van der Waals surface area contributed by atoms with Crippen LogP contribution in [-0.4, -0.2) is 44.4 Å². The van der Waals surface area contributed by atoms with Crippen LogP contribution < -0.4 is 5.32 Å². The SMILES string of the molecule is CC(CN1C(=O)c2nc3ccccc3n2CC1(C)C(=O)NC1CCCCC1C)c1ccccc1. The summed E-state index contributed by atoms with van der Waals surface area (Å²) < 4.78 is 1.94. The average molecular weight is 459 g/mol. The number of imidazole rings is 1. The molecule has 1 N–H and O–H groups in total. The van der Waals surface area contributed by atoms with Crippen LogP contribution in [0.3, 0.4) is 0 Å². The van der Waals surface area contributed by atoms with Crippen molar-refractivity contribution in [3.63, 3.8) is 0 Å². The molecule has 0 radical (unpaired) electrons. The molecule has 3 aromatic rings. The van der Waals surface area contributed by atoms with E-state index in [1.54, 1.807) is 4.90 Å². The van der Waals surface area contributed by atoms with Gasteiger partial charge in [0, 0.05) is 12.6 Å². The number of hydrogen-bond acceptors (Lipinski definition) is 3. The molecule has 5 rings (SSSR count). The fourth-order valence-electron chi connectivity index (χ4n) is 5.63. The number of nitrogens with one attached hydrogen (secondary N) is 1. The normalized spacial score (nSPS) is 25.7. The van der Waals surface area contributed by atoms with E-state index in [0.717, 1.165) is 35.9 Å². The molecule has 6 heteroatoms. The van der Waals surface area contributed by atoms with Crippen LogP contribution in [0.4, 0.5) is 0 Å². The first-order valence-electron chi connectivity index (χ1n) is 12.5. The minimum Gasteiger partial charge on any atom is -0.351 e. The number of benzene rings is 2. The highest BCUT2D eigenvalue weighted by Gasteiger charge is 2.49. The summed E-state index contributed by atoms with van der Waals surface area (Å²) >= 11 is 0. The Labute approximate surface area is 201 Å². The summed E-state index contributed by atoms with van der Waals surface area (Å²) in [4.78, 5) is 34.3. The first-order chi connectivity index (χ1) is 16.4. The maximum Gasteiger partial charge on any atom is 0.290 e. The predicted octanol–water partition coefficient (Wildman–Crippen LogP) is 4.75. The van der Waals surface area contributed by atoms with Crippen molar-refractivity contribution >= 4 is 22.8 Å². The van der Waals surface area contributed by atoms with Crippen LogP contribution in [0.5, 0.6) is 0 Å². The average Bonchev–Trinajstić information content (AvgIpc) is 3.22. The number of para-hydroxylation sites is 2. The summed E-state index contributed by atoms with van der Waals surface area (Å²) in [5, 5.41) is 3.35. The zero-order chi connectivity index (χ0) is 23.9. The van der Waals surface area contributed by atoms with Gasteiger partial charge in [-0.1, -0.05) is 69.2 Å². The lowest BCUT2D eigenvalue weighted by molar-refractivity contribution is -0.134. The Morgan fingerprint density at radius 1 is 1.12 bits per heavy atom.